The number of aromatic nitrogens is 2. The van der Waals surface area contributed by atoms with Crippen LogP contribution in [-0.4, -0.2) is 51.5 Å². The SMILES string of the molecule is CC(C)CCNC(=O)c1cc2n(n1)C[C@](C)(C(=O)NCc1ccc(F)cc1)N(C)C2=O. The molecule has 1 aromatic carbocycles. The van der Waals surface area contributed by atoms with Gasteiger partial charge in [0.05, 0.1) is 6.54 Å². The molecular weight excluding hydrogens is 401 g/mol. The fourth-order valence-electron chi connectivity index (χ4n) is 3.38. The molecule has 0 bridgehead atoms. The Morgan fingerprint density at radius 1 is 1.23 bits per heavy atom. The Balaban J connectivity index is 1.72. The summed E-state index contributed by atoms with van der Waals surface area (Å²) in [6, 6.07) is 7.28. The van der Waals surface area contributed by atoms with E-state index in [0.717, 1.165) is 12.0 Å². The number of rotatable bonds is 7. The number of nitrogens with zero attached hydrogens (tertiary/aromatic N) is 3. The van der Waals surface area contributed by atoms with Gasteiger partial charge in [0.15, 0.2) is 5.69 Å². The summed E-state index contributed by atoms with van der Waals surface area (Å²) in [5.41, 5.74) is -0.0401. The molecule has 0 fully saturated rings. The van der Waals surface area contributed by atoms with Crippen molar-refractivity contribution in [3.8, 4) is 0 Å². The number of carbonyl (C=O) groups excluding carboxylic acids is 3. The maximum absolute atomic E-state index is 13.1. The van der Waals surface area contributed by atoms with Crippen LogP contribution in [0.5, 0.6) is 0 Å². The van der Waals surface area contributed by atoms with Crippen LogP contribution in [0, 0.1) is 11.7 Å². The first-order chi connectivity index (χ1) is 14.6. The Morgan fingerprint density at radius 2 is 1.90 bits per heavy atom. The predicted molar refractivity (Wildman–Crippen MR) is 113 cm³/mol. The van der Waals surface area contributed by atoms with E-state index in [1.165, 1.54) is 27.8 Å². The van der Waals surface area contributed by atoms with E-state index in [9.17, 15) is 18.8 Å². The second kappa shape index (κ2) is 8.87. The quantitative estimate of drug-likeness (QED) is 0.703. The predicted octanol–water partition coefficient (Wildman–Crippen LogP) is 1.96. The molecule has 1 atom stereocenters. The van der Waals surface area contributed by atoms with Crippen LogP contribution in [-0.2, 0) is 17.9 Å². The van der Waals surface area contributed by atoms with Gasteiger partial charge in [-0.25, -0.2) is 4.39 Å². The monoisotopic (exact) mass is 429 g/mol. The van der Waals surface area contributed by atoms with Crippen LogP contribution in [0.4, 0.5) is 4.39 Å². The lowest BCUT2D eigenvalue weighted by Gasteiger charge is -2.40. The van der Waals surface area contributed by atoms with Gasteiger partial charge in [-0.3, -0.25) is 19.1 Å². The van der Waals surface area contributed by atoms with Crippen LogP contribution < -0.4 is 10.6 Å². The van der Waals surface area contributed by atoms with Crippen molar-refractivity contribution in [3.63, 3.8) is 0 Å². The number of hydrogen-bond acceptors (Lipinski definition) is 4. The summed E-state index contributed by atoms with van der Waals surface area (Å²) in [4.78, 5) is 39.6. The highest BCUT2D eigenvalue weighted by atomic mass is 19.1. The minimum absolute atomic E-state index is 0.110. The Bertz CT molecular complexity index is 986. The summed E-state index contributed by atoms with van der Waals surface area (Å²) in [6.45, 7) is 6.62. The number of amides is 3. The van der Waals surface area contributed by atoms with E-state index in [2.05, 4.69) is 29.6 Å². The second-order valence-electron chi connectivity index (χ2n) is 8.46. The minimum atomic E-state index is -1.19. The number of halogens is 1. The average molecular weight is 429 g/mol. The molecule has 31 heavy (non-hydrogen) atoms. The second-order valence-corrected chi connectivity index (χ2v) is 8.46. The molecule has 0 radical (unpaired) electrons. The maximum atomic E-state index is 13.1. The number of benzene rings is 1. The molecule has 2 aromatic rings. The highest BCUT2D eigenvalue weighted by Crippen LogP contribution is 2.26. The minimum Gasteiger partial charge on any atom is -0.351 e. The van der Waals surface area contributed by atoms with Gasteiger partial charge in [-0.2, -0.15) is 5.10 Å². The molecule has 0 saturated carbocycles. The molecule has 3 rings (SSSR count). The fraction of sp³-hybridized carbons (Fsp3) is 0.455. The standard InChI is InChI=1S/C22H28FN5O3/c1-14(2)9-10-24-19(29)17-11-18-20(30)27(4)22(3,13-28(18)26-17)21(31)25-12-15-5-7-16(23)8-6-15/h5-8,11,14H,9-10,12-13H2,1-4H3,(H,24,29)(H,25,31)/t22-/m1/s1. The van der Waals surface area contributed by atoms with Crippen molar-refractivity contribution in [2.24, 2.45) is 5.92 Å². The van der Waals surface area contributed by atoms with Crippen LogP contribution in [0.3, 0.4) is 0 Å². The Labute approximate surface area is 180 Å². The molecule has 166 valence electrons. The van der Waals surface area contributed by atoms with E-state index in [1.807, 2.05) is 0 Å². The number of nitrogens with one attached hydrogen (secondary N) is 2. The van der Waals surface area contributed by atoms with Gasteiger partial charge >= 0.3 is 0 Å². The molecule has 0 saturated heterocycles. The Morgan fingerprint density at radius 3 is 2.55 bits per heavy atom. The lowest BCUT2D eigenvalue weighted by Crippen LogP contribution is -2.62. The van der Waals surface area contributed by atoms with Crippen molar-refractivity contribution in [1.29, 1.82) is 0 Å². The fourth-order valence-corrected chi connectivity index (χ4v) is 3.38. The van der Waals surface area contributed by atoms with Gasteiger partial charge in [0.25, 0.3) is 11.8 Å². The van der Waals surface area contributed by atoms with Gasteiger partial charge in [-0.05, 0) is 37.0 Å². The number of likely N-dealkylation sites (N-methyl/N-ethyl adjacent to an activating group) is 1. The third-order valence-electron chi connectivity index (χ3n) is 5.60. The van der Waals surface area contributed by atoms with Crippen molar-refractivity contribution in [2.45, 2.75) is 45.8 Å². The number of fused-ring (bicyclic) bond motifs is 1. The molecule has 1 aliphatic heterocycles. The molecule has 0 aliphatic carbocycles. The summed E-state index contributed by atoms with van der Waals surface area (Å²) in [6.07, 6.45) is 0.841. The van der Waals surface area contributed by atoms with Gasteiger partial charge in [0.1, 0.15) is 17.1 Å². The third-order valence-corrected chi connectivity index (χ3v) is 5.60. The molecule has 2 N–H and O–H groups in total. The van der Waals surface area contributed by atoms with E-state index < -0.39 is 5.54 Å². The topological polar surface area (TPSA) is 96.3 Å². The first-order valence-corrected chi connectivity index (χ1v) is 10.3. The molecule has 9 heteroatoms. The molecule has 0 unspecified atom stereocenters. The molecule has 0 spiro atoms. The highest BCUT2D eigenvalue weighted by molar-refractivity contribution is 6.01. The lowest BCUT2D eigenvalue weighted by atomic mass is 9.96. The van der Waals surface area contributed by atoms with Crippen LogP contribution in [0.2, 0.25) is 0 Å². The summed E-state index contributed by atoms with van der Waals surface area (Å²) >= 11 is 0. The van der Waals surface area contributed by atoms with Crippen molar-refractivity contribution in [2.75, 3.05) is 13.6 Å². The summed E-state index contributed by atoms with van der Waals surface area (Å²) < 4.78 is 14.5. The molecular formula is C22H28FN5O3. The lowest BCUT2D eigenvalue weighted by molar-refractivity contribution is -0.132. The van der Waals surface area contributed by atoms with Crippen molar-refractivity contribution < 1.29 is 18.8 Å². The molecule has 2 heterocycles. The summed E-state index contributed by atoms with van der Waals surface area (Å²) in [5.74, 6) is -0.994. The average Bonchev–Trinajstić information content (AvgIpc) is 3.15. The summed E-state index contributed by atoms with van der Waals surface area (Å²) in [7, 11) is 1.55. The van der Waals surface area contributed by atoms with Crippen molar-refractivity contribution >= 4 is 17.7 Å². The van der Waals surface area contributed by atoms with Gasteiger partial charge in [0, 0.05) is 26.2 Å². The van der Waals surface area contributed by atoms with Gasteiger partial charge in [0.2, 0.25) is 5.91 Å². The smallest absolute Gasteiger partial charge is 0.272 e. The third kappa shape index (κ3) is 4.76. The van der Waals surface area contributed by atoms with E-state index in [0.29, 0.717) is 12.5 Å². The zero-order chi connectivity index (χ0) is 22.8. The van der Waals surface area contributed by atoms with Crippen LogP contribution >= 0.6 is 0 Å². The van der Waals surface area contributed by atoms with Crippen LogP contribution in [0.25, 0.3) is 0 Å². The van der Waals surface area contributed by atoms with Crippen LogP contribution in [0.15, 0.2) is 30.3 Å². The number of carbonyl (C=O) groups is 3. The van der Waals surface area contributed by atoms with E-state index in [-0.39, 0.29) is 48.0 Å². The Hall–Kier alpha value is -3.23. The van der Waals surface area contributed by atoms with Crippen molar-refractivity contribution in [1.82, 2.24) is 25.3 Å². The van der Waals surface area contributed by atoms with E-state index in [4.69, 9.17) is 0 Å². The molecule has 1 aromatic heterocycles. The largest absolute Gasteiger partial charge is 0.351 e. The highest BCUT2D eigenvalue weighted by Gasteiger charge is 2.46. The first kappa shape index (κ1) is 22.5. The maximum Gasteiger partial charge on any atom is 0.272 e. The van der Waals surface area contributed by atoms with Gasteiger partial charge in [-0.15, -0.1) is 0 Å². The van der Waals surface area contributed by atoms with E-state index in [1.54, 1.807) is 26.1 Å². The Kier molecular flexibility index (Phi) is 6.42. The van der Waals surface area contributed by atoms with E-state index >= 15 is 0 Å². The summed E-state index contributed by atoms with van der Waals surface area (Å²) in [5, 5.41) is 9.88. The molecule has 8 nitrogen and oxygen atoms in total. The van der Waals surface area contributed by atoms with Crippen molar-refractivity contribution in [3.05, 3.63) is 53.1 Å². The van der Waals surface area contributed by atoms with Gasteiger partial charge < -0.3 is 15.5 Å². The first-order valence-electron chi connectivity index (χ1n) is 10.3. The number of hydrogen-bond donors (Lipinski definition) is 2. The zero-order valence-electron chi connectivity index (χ0n) is 18.2. The molecule has 1 aliphatic rings. The molecule has 3 amide bonds. The zero-order valence-corrected chi connectivity index (χ0v) is 18.2. The van der Waals surface area contributed by atoms with Crippen LogP contribution in [0.1, 0.15) is 53.7 Å². The normalized spacial score (nSPS) is 18.1. The van der Waals surface area contributed by atoms with Gasteiger partial charge in [-0.1, -0.05) is 26.0 Å².